The van der Waals surface area contributed by atoms with Gasteiger partial charge in [0, 0.05) is 22.6 Å². The molecule has 0 saturated carbocycles. The maximum atomic E-state index is 10.0. The topological polar surface area (TPSA) is 43.1 Å². The highest BCUT2D eigenvalue weighted by Gasteiger charge is 2.23. The van der Waals surface area contributed by atoms with Crippen molar-refractivity contribution in [1.82, 2.24) is 0 Å². The van der Waals surface area contributed by atoms with Crippen molar-refractivity contribution in [3.8, 4) is 17.2 Å². The Bertz CT molecular complexity index is 718. The molecule has 2 aromatic carbocycles. The van der Waals surface area contributed by atoms with Crippen LogP contribution in [0.4, 0.5) is 0 Å². The van der Waals surface area contributed by atoms with Crippen molar-refractivity contribution >= 4 is 11.6 Å². The summed E-state index contributed by atoms with van der Waals surface area (Å²) in [6.45, 7) is 2.65. The number of quaternary nitrogens is 1. The molecule has 0 amide bonds. The van der Waals surface area contributed by atoms with Crippen molar-refractivity contribution in [3.05, 3.63) is 52.0 Å². The summed E-state index contributed by atoms with van der Waals surface area (Å²) in [6.07, 6.45) is 0.979. The average molecular weight is 335 g/mol. The zero-order chi connectivity index (χ0) is 16.4. The Balaban J connectivity index is 1.81. The first-order chi connectivity index (χ1) is 11.1. The van der Waals surface area contributed by atoms with Crippen LogP contribution in [-0.2, 0) is 19.5 Å². The molecule has 0 bridgehead atoms. The van der Waals surface area contributed by atoms with Gasteiger partial charge in [0.05, 0.1) is 20.8 Å². The normalized spacial score (nSPS) is 16.7. The minimum absolute atomic E-state index is 0.306. The predicted molar refractivity (Wildman–Crippen MR) is 89.6 cm³/mol. The molecule has 5 heteroatoms. The van der Waals surface area contributed by atoms with Crippen molar-refractivity contribution in [3.63, 3.8) is 0 Å². The minimum Gasteiger partial charge on any atom is -0.507 e. The first-order valence-electron chi connectivity index (χ1n) is 7.65. The SMILES string of the molecule is COc1cc2c(cc1OC)C[NH+](Cc1cc(Cl)ccc1O)CC2. The fourth-order valence-electron chi connectivity index (χ4n) is 3.15. The molecule has 0 spiro atoms. The number of halogens is 1. The van der Waals surface area contributed by atoms with E-state index < -0.39 is 0 Å². The number of nitrogens with one attached hydrogen (secondary N) is 1. The first kappa shape index (κ1) is 16.0. The number of methoxy groups -OCH3 is 2. The summed E-state index contributed by atoms with van der Waals surface area (Å²) in [5.74, 6) is 1.85. The lowest BCUT2D eigenvalue weighted by Crippen LogP contribution is -3.10. The van der Waals surface area contributed by atoms with E-state index in [0.717, 1.165) is 43.1 Å². The Morgan fingerprint density at radius 3 is 2.48 bits per heavy atom. The Labute approximate surface area is 141 Å². The van der Waals surface area contributed by atoms with Crippen molar-refractivity contribution in [2.24, 2.45) is 0 Å². The number of benzene rings is 2. The Morgan fingerprint density at radius 2 is 1.78 bits per heavy atom. The van der Waals surface area contributed by atoms with Crippen LogP contribution in [0.2, 0.25) is 5.02 Å². The van der Waals surface area contributed by atoms with E-state index in [1.165, 1.54) is 16.0 Å². The number of phenols is 1. The number of phenolic OH excluding ortho intramolecular Hbond substituents is 1. The van der Waals surface area contributed by atoms with Gasteiger partial charge in [0.25, 0.3) is 0 Å². The minimum atomic E-state index is 0.306. The third-order valence-corrected chi connectivity index (χ3v) is 4.61. The van der Waals surface area contributed by atoms with Crippen LogP contribution in [0.5, 0.6) is 17.2 Å². The predicted octanol–water partition coefficient (Wildman–Crippen LogP) is 2.20. The average Bonchev–Trinajstić information content (AvgIpc) is 2.56. The van der Waals surface area contributed by atoms with Crippen molar-refractivity contribution in [1.29, 1.82) is 0 Å². The number of aromatic hydroxyl groups is 1. The third-order valence-electron chi connectivity index (χ3n) is 4.38. The molecule has 0 aromatic heterocycles. The molecule has 2 N–H and O–H groups in total. The van der Waals surface area contributed by atoms with Gasteiger partial charge in [-0.15, -0.1) is 0 Å². The number of hydrogen-bond donors (Lipinski definition) is 2. The molecule has 1 aliphatic rings. The van der Waals surface area contributed by atoms with Crippen LogP contribution in [0.25, 0.3) is 0 Å². The van der Waals surface area contributed by atoms with Crippen molar-refractivity contribution < 1.29 is 19.5 Å². The van der Waals surface area contributed by atoms with E-state index in [2.05, 4.69) is 12.1 Å². The molecule has 122 valence electrons. The Morgan fingerprint density at radius 1 is 1.09 bits per heavy atom. The van der Waals surface area contributed by atoms with E-state index in [-0.39, 0.29) is 0 Å². The monoisotopic (exact) mass is 334 g/mol. The quantitative estimate of drug-likeness (QED) is 0.901. The maximum absolute atomic E-state index is 10.0. The summed E-state index contributed by atoms with van der Waals surface area (Å²) >= 11 is 6.04. The molecule has 1 heterocycles. The van der Waals surface area contributed by atoms with Gasteiger partial charge in [0.1, 0.15) is 18.8 Å². The van der Waals surface area contributed by atoms with Gasteiger partial charge in [0.15, 0.2) is 11.5 Å². The van der Waals surface area contributed by atoms with Gasteiger partial charge in [0.2, 0.25) is 0 Å². The van der Waals surface area contributed by atoms with Gasteiger partial charge in [-0.3, -0.25) is 0 Å². The van der Waals surface area contributed by atoms with Gasteiger partial charge >= 0.3 is 0 Å². The van der Waals surface area contributed by atoms with Gasteiger partial charge in [-0.2, -0.15) is 0 Å². The standard InChI is InChI=1S/C18H20ClNO3/c1-22-17-8-12-5-6-20(10-13(12)9-18(17)23-2)11-14-7-15(19)3-4-16(14)21/h3-4,7-9,21H,5-6,10-11H2,1-2H3/p+1. The van der Waals surface area contributed by atoms with E-state index in [1.807, 2.05) is 6.07 Å². The third kappa shape index (κ3) is 3.38. The fraction of sp³-hybridized carbons (Fsp3) is 0.333. The van der Waals surface area contributed by atoms with Crippen LogP contribution < -0.4 is 14.4 Å². The second-order valence-electron chi connectivity index (χ2n) is 5.85. The Hall–Kier alpha value is -1.91. The van der Waals surface area contributed by atoms with E-state index >= 15 is 0 Å². The molecule has 1 unspecified atom stereocenters. The molecule has 1 atom stereocenters. The van der Waals surface area contributed by atoms with Gasteiger partial charge in [-0.05, 0) is 35.9 Å². The second kappa shape index (κ2) is 6.69. The van der Waals surface area contributed by atoms with Crippen molar-refractivity contribution in [2.75, 3.05) is 20.8 Å². The van der Waals surface area contributed by atoms with Crippen LogP contribution >= 0.6 is 11.6 Å². The molecule has 3 rings (SSSR count). The lowest BCUT2D eigenvalue weighted by atomic mass is 9.98. The molecule has 4 nitrogen and oxygen atoms in total. The van der Waals surface area contributed by atoms with E-state index in [4.69, 9.17) is 21.1 Å². The number of ether oxygens (including phenoxy) is 2. The largest absolute Gasteiger partial charge is 0.507 e. The molecular weight excluding hydrogens is 314 g/mol. The number of rotatable bonds is 4. The zero-order valence-electron chi connectivity index (χ0n) is 13.4. The van der Waals surface area contributed by atoms with Crippen LogP contribution in [0.1, 0.15) is 16.7 Å². The van der Waals surface area contributed by atoms with E-state index in [1.54, 1.807) is 26.4 Å². The summed E-state index contributed by atoms with van der Waals surface area (Å²) < 4.78 is 10.8. The number of fused-ring (bicyclic) bond motifs is 1. The first-order valence-corrected chi connectivity index (χ1v) is 8.03. The highest BCUT2D eigenvalue weighted by Crippen LogP contribution is 2.31. The summed E-state index contributed by atoms with van der Waals surface area (Å²) in [5, 5.41) is 10.7. The van der Waals surface area contributed by atoms with Crippen LogP contribution in [0.15, 0.2) is 30.3 Å². The van der Waals surface area contributed by atoms with E-state index in [9.17, 15) is 5.11 Å². The molecule has 2 aromatic rings. The highest BCUT2D eigenvalue weighted by atomic mass is 35.5. The van der Waals surface area contributed by atoms with Crippen LogP contribution in [0, 0.1) is 0 Å². The second-order valence-corrected chi connectivity index (χ2v) is 6.29. The molecule has 0 fully saturated rings. The number of hydrogen-bond acceptors (Lipinski definition) is 3. The molecule has 1 aliphatic heterocycles. The van der Waals surface area contributed by atoms with E-state index in [0.29, 0.717) is 10.8 Å². The summed E-state index contributed by atoms with van der Waals surface area (Å²) in [7, 11) is 3.31. The zero-order valence-corrected chi connectivity index (χ0v) is 14.1. The highest BCUT2D eigenvalue weighted by molar-refractivity contribution is 6.30. The lowest BCUT2D eigenvalue weighted by molar-refractivity contribution is -0.929. The maximum Gasteiger partial charge on any atom is 0.161 e. The smallest absolute Gasteiger partial charge is 0.161 e. The summed E-state index contributed by atoms with van der Waals surface area (Å²) in [5.41, 5.74) is 3.46. The van der Waals surface area contributed by atoms with Gasteiger partial charge in [-0.25, -0.2) is 0 Å². The van der Waals surface area contributed by atoms with Crippen LogP contribution in [0.3, 0.4) is 0 Å². The van der Waals surface area contributed by atoms with Crippen molar-refractivity contribution in [2.45, 2.75) is 19.5 Å². The van der Waals surface area contributed by atoms with Crippen LogP contribution in [-0.4, -0.2) is 25.9 Å². The molecule has 0 saturated heterocycles. The van der Waals surface area contributed by atoms with Gasteiger partial charge in [-0.1, -0.05) is 11.6 Å². The molecule has 23 heavy (non-hydrogen) atoms. The molecule has 0 aliphatic carbocycles. The fourth-order valence-corrected chi connectivity index (χ4v) is 3.34. The Kier molecular flexibility index (Phi) is 4.64. The summed E-state index contributed by atoms with van der Waals surface area (Å²) in [4.78, 5) is 1.39. The summed E-state index contributed by atoms with van der Waals surface area (Å²) in [6, 6.07) is 9.34. The van der Waals surface area contributed by atoms with Gasteiger partial charge < -0.3 is 19.5 Å². The molecule has 0 radical (unpaired) electrons. The lowest BCUT2D eigenvalue weighted by Gasteiger charge is -2.27. The molecular formula is C18H21ClNO3+.